The first-order chi connectivity index (χ1) is 15.1. The maximum absolute atomic E-state index is 14.1. The number of carbonyl (C=O) groups is 2. The van der Waals surface area contributed by atoms with Gasteiger partial charge in [-0.3, -0.25) is 15.2 Å². The Hall–Kier alpha value is -3.18. The maximum Gasteiger partial charge on any atom is 0.416 e. The molecule has 0 bridgehead atoms. The van der Waals surface area contributed by atoms with Gasteiger partial charge in [-0.15, -0.1) is 0 Å². The normalized spacial score (nSPS) is 12.0. The highest BCUT2D eigenvalue weighted by atomic mass is 35.5. The van der Waals surface area contributed by atoms with Crippen molar-refractivity contribution in [2.45, 2.75) is 12.6 Å². The molecule has 1 heterocycles. The van der Waals surface area contributed by atoms with Crippen molar-refractivity contribution in [1.29, 1.82) is 0 Å². The predicted molar refractivity (Wildman–Crippen MR) is 113 cm³/mol. The monoisotopic (exact) mass is 483 g/mol. The topological polar surface area (TPSA) is 136 Å². The number of oxazole rings is 1. The van der Waals surface area contributed by atoms with Gasteiger partial charge in [0, 0.05) is 22.2 Å². The molecular weight excluding hydrogens is 468 g/mol. The van der Waals surface area contributed by atoms with E-state index in [9.17, 15) is 23.9 Å². The summed E-state index contributed by atoms with van der Waals surface area (Å²) in [6, 6.07) is 8.71. The lowest BCUT2D eigenvalue weighted by Gasteiger charge is -2.24. The Balaban J connectivity index is 1.84. The number of hydrogen-bond acceptors (Lipinski definition) is 6. The van der Waals surface area contributed by atoms with Gasteiger partial charge in [-0.05, 0) is 35.4 Å². The van der Waals surface area contributed by atoms with Gasteiger partial charge in [-0.1, -0.05) is 35.3 Å². The molecule has 0 aliphatic rings. The van der Waals surface area contributed by atoms with Crippen LogP contribution in [-0.2, 0) is 11.3 Å². The third kappa shape index (κ3) is 5.74. The number of nitrogens with one attached hydrogen (secondary N) is 2. The Labute approximate surface area is 190 Å². The Morgan fingerprint density at radius 1 is 1.22 bits per heavy atom. The molecule has 3 aromatic rings. The number of aliphatic hydroxyl groups is 1. The highest BCUT2D eigenvalue weighted by Crippen LogP contribution is 2.30. The molecule has 1 aromatic heterocycles. The van der Waals surface area contributed by atoms with Crippen molar-refractivity contribution in [2.75, 3.05) is 6.54 Å². The van der Waals surface area contributed by atoms with E-state index in [4.69, 9.17) is 28.3 Å². The number of aromatic nitrogens is 1. The number of halogens is 3. The van der Waals surface area contributed by atoms with Gasteiger partial charge in [-0.25, -0.2) is 19.0 Å². The van der Waals surface area contributed by atoms with Crippen LogP contribution in [0.15, 0.2) is 51.8 Å². The van der Waals surface area contributed by atoms with Gasteiger partial charge in [0.2, 0.25) is 5.76 Å². The molecule has 1 amide bonds. The van der Waals surface area contributed by atoms with Crippen LogP contribution in [0.1, 0.15) is 16.1 Å². The van der Waals surface area contributed by atoms with Crippen LogP contribution in [0.25, 0.3) is 11.1 Å². The van der Waals surface area contributed by atoms with Crippen LogP contribution in [-0.4, -0.2) is 44.7 Å². The zero-order valence-corrected chi connectivity index (χ0v) is 17.7. The quantitative estimate of drug-likeness (QED) is 0.361. The summed E-state index contributed by atoms with van der Waals surface area (Å²) < 4.78 is 18.8. The molecule has 1 atom stereocenters. The summed E-state index contributed by atoms with van der Waals surface area (Å²) in [5.74, 6) is -4.04. The van der Waals surface area contributed by atoms with E-state index in [1.54, 1.807) is 12.1 Å². The number of carbonyl (C=O) groups excluding carboxylic acids is 1. The van der Waals surface area contributed by atoms with Gasteiger partial charge in [0.1, 0.15) is 5.82 Å². The molecule has 2 aromatic carbocycles. The Kier molecular flexibility index (Phi) is 7.31. The molecule has 0 radical (unpaired) electrons. The molecule has 0 aliphatic heterocycles. The zero-order valence-electron chi connectivity index (χ0n) is 16.1. The zero-order chi connectivity index (χ0) is 23.4. The second kappa shape index (κ2) is 9.96. The third-order valence-corrected chi connectivity index (χ3v) is 4.93. The number of rotatable bonds is 8. The van der Waals surface area contributed by atoms with E-state index in [0.29, 0.717) is 16.1 Å². The van der Waals surface area contributed by atoms with E-state index in [1.165, 1.54) is 24.3 Å². The number of aliphatic hydroxyl groups excluding tert-OH is 1. The Morgan fingerprint density at radius 2 is 1.97 bits per heavy atom. The van der Waals surface area contributed by atoms with Crippen LogP contribution in [0.2, 0.25) is 10.0 Å². The second-order valence-corrected chi connectivity index (χ2v) is 7.49. The molecule has 0 saturated heterocycles. The summed E-state index contributed by atoms with van der Waals surface area (Å²) in [7, 11) is 0. The van der Waals surface area contributed by atoms with Crippen molar-refractivity contribution in [3.63, 3.8) is 0 Å². The highest BCUT2D eigenvalue weighted by molar-refractivity contribution is 6.32. The molecule has 12 heteroatoms. The van der Waals surface area contributed by atoms with Gasteiger partial charge in [0.15, 0.2) is 6.10 Å². The summed E-state index contributed by atoms with van der Waals surface area (Å²) in [5.41, 5.74) is 3.48. The number of hydrogen-bond donors (Lipinski definition) is 4. The predicted octanol–water partition coefficient (Wildman–Crippen LogP) is 2.67. The average molecular weight is 484 g/mol. The first kappa shape index (κ1) is 23.5. The molecule has 0 fully saturated rings. The number of aromatic amines is 1. The number of carboxylic acids is 1. The minimum absolute atomic E-state index is 0.123. The lowest BCUT2D eigenvalue weighted by Crippen LogP contribution is -2.47. The number of aliphatic carboxylic acids is 1. The molecule has 168 valence electrons. The lowest BCUT2D eigenvalue weighted by molar-refractivity contribution is -0.148. The van der Waals surface area contributed by atoms with Gasteiger partial charge in [-0.2, -0.15) is 0 Å². The van der Waals surface area contributed by atoms with Gasteiger partial charge in [0.05, 0.1) is 12.7 Å². The van der Waals surface area contributed by atoms with E-state index >= 15 is 0 Å². The van der Waals surface area contributed by atoms with Crippen LogP contribution < -0.4 is 11.2 Å². The van der Waals surface area contributed by atoms with E-state index in [1.807, 2.05) is 0 Å². The van der Waals surface area contributed by atoms with Crippen molar-refractivity contribution in [1.82, 2.24) is 15.4 Å². The van der Waals surface area contributed by atoms with Crippen LogP contribution in [0.4, 0.5) is 4.39 Å². The Morgan fingerprint density at radius 3 is 2.59 bits per heavy atom. The summed E-state index contributed by atoms with van der Waals surface area (Å²) in [5, 5.41) is 20.3. The van der Waals surface area contributed by atoms with Crippen LogP contribution in [0, 0.1) is 5.82 Å². The number of carboxylic acid groups (broad SMARTS) is 1. The number of H-pyrrole nitrogens is 1. The number of amides is 1. The molecule has 9 nitrogen and oxygen atoms in total. The summed E-state index contributed by atoms with van der Waals surface area (Å²) in [6.45, 7) is -0.626. The summed E-state index contributed by atoms with van der Waals surface area (Å²) >= 11 is 12.3. The first-order valence-electron chi connectivity index (χ1n) is 9.03. The van der Waals surface area contributed by atoms with Gasteiger partial charge < -0.3 is 14.6 Å². The molecule has 0 saturated carbocycles. The van der Waals surface area contributed by atoms with Crippen molar-refractivity contribution in [3.8, 4) is 11.1 Å². The van der Waals surface area contributed by atoms with Crippen molar-refractivity contribution >= 4 is 35.1 Å². The first-order valence-corrected chi connectivity index (χ1v) is 9.79. The summed E-state index contributed by atoms with van der Waals surface area (Å²) in [4.78, 5) is 36.6. The minimum Gasteiger partial charge on any atom is -0.479 e. The molecule has 0 aliphatic carbocycles. The van der Waals surface area contributed by atoms with Crippen molar-refractivity contribution in [2.24, 2.45) is 0 Å². The molecule has 3 rings (SSSR count). The minimum atomic E-state index is -1.83. The van der Waals surface area contributed by atoms with Gasteiger partial charge >= 0.3 is 17.6 Å². The van der Waals surface area contributed by atoms with Gasteiger partial charge in [0.25, 0.3) is 0 Å². The van der Waals surface area contributed by atoms with E-state index in [-0.39, 0.29) is 22.9 Å². The van der Waals surface area contributed by atoms with Crippen LogP contribution in [0.3, 0.4) is 0 Å². The maximum atomic E-state index is 14.1. The second-order valence-electron chi connectivity index (χ2n) is 6.65. The fourth-order valence-electron chi connectivity index (χ4n) is 2.80. The standard InChI is InChI=1S/C20H16Cl2FN3O6/c21-12-3-4-15(23)13(6-12)10-1-2-11(14(22)5-10)8-26(9-16(27)19(29)30)25-18(28)17-7-24-20(31)32-17/h1-7,16,27H,8-9H2,(H,24,31)(H,25,28)(H,29,30)/t16-/m1/s1. The third-order valence-electron chi connectivity index (χ3n) is 4.34. The number of hydrazine groups is 1. The molecule has 0 spiro atoms. The SMILES string of the molecule is O=C(NN(Cc1ccc(-c2cc(Cl)ccc2F)cc1Cl)C[C@@H](O)C(=O)O)c1c[nH]c(=O)o1. The number of nitrogens with zero attached hydrogens (tertiary/aromatic N) is 1. The largest absolute Gasteiger partial charge is 0.479 e. The highest BCUT2D eigenvalue weighted by Gasteiger charge is 2.22. The fourth-order valence-corrected chi connectivity index (χ4v) is 3.21. The van der Waals surface area contributed by atoms with Crippen molar-refractivity contribution in [3.05, 3.63) is 80.3 Å². The molecule has 4 N–H and O–H groups in total. The Bertz CT molecular complexity index is 1210. The summed E-state index contributed by atoms with van der Waals surface area (Å²) in [6.07, 6.45) is -0.794. The molecule has 32 heavy (non-hydrogen) atoms. The van der Waals surface area contributed by atoms with E-state index in [0.717, 1.165) is 11.2 Å². The van der Waals surface area contributed by atoms with E-state index in [2.05, 4.69) is 14.8 Å². The lowest BCUT2D eigenvalue weighted by atomic mass is 10.0. The molecule has 0 unspecified atom stereocenters. The van der Waals surface area contributed by atoms with Crippen molar-refractivity contribution < 1.29 is 28.6 Å². The number of benzene rings is 2. The molecular formula is C20H16Cl2FN3O6. The van der Waals surface area contributed by atoms with Crippen LogP contribution in [0.5, 0.6) is 0 Å². The smallest absolute Gasteiger partial charge is 0.416 e. The average Bonchev–Trinajstić information content (AvgIpc) is 3.17. The fraction of sp³-hybridized carbons (Fsp3) is 0.150. The van der Waals surface area contributed by atoms with E-state index < -0.39 is 36.1 Å². The van der Waals surface area contributed by atoms with Crippen LogP contribution >= 0.6 is 23.2 Å².